The van der Waals surface area contributed by atoms with Gasteiger partial charge in [0.15, 0.2) is 6.04 Å². The fraction of sp³-hybridized carbons (Fsp3) is 0.167. The van der Waals surface area contributed by atoms with Gasteiger partial charge in [0.2, 0.25) is 11.8 Å². The fourth-order valence-electron chi connectivity index (χ4n) is 2.31. The summed E-state index contributed by atoms with van der Waals surface area (Å²) in [5.41, 5.74) is 1.02. The Labute approximate surface area is 139 Å². The lowest BCUT2D eigenvalue weighted by molar-refractivity contribution is -0.142. The Hall–Kier alpha value is -3.15. The maximum atomic E-state index is 12.6. The summed E-state index contributed by atoms with van der Waals surface area (Å²) >= 11 is 0. The van der Waals surface area contributed by atoms with Crippen LogP contribution in [0.5, 0.6) is 0 Å². The number of benzene rings is 2. The fourth-order valence-corrected chi connectivity index (χ4v) is 2.31. The second-order valence-corrected chi connectivity index (χ2v) is 5.23. The topological polar surface area (TPSA) is 95.5 Å². The van der Waals surface area contributed by atoms with Crippen molar-refractivity contribution in [1.29, 1.82) is 0 Å². The molecule has 2 rings (SSSR count). The highest BCUT2D eigenvalue weighted by Crippen LogP contribution is 2.17. The lowest BCUT2D eigenvalue weighted by Crippen LogP contribution is -2.43. The largest absolute Gasteiger partial charge is 0.479 e. The molecule has 0 heterocycles. The van der Waals surface area contributed by atoms with Gasteiger partial charge in [-0.15, -0.1) is 0 Å². The number of aliphatic carboxylic acids is 1. The summed E-state index contributed by atoms with van der Waals surface area (Å²) < 4.78 is 0. The van der Waals surface area contributed by atoms with Crippen LogP contribution in [0.1, 0.15) is 30.1 Å². The van der Waals surface area contributed by atoms with Crippen molar-refractivity contribution in [3.63, 3.8) is 0 Å². The first-order valence-electron chi connectivity index (χ1n) is 7.39. The molecule has 0 bridgehead atoms. The molecule has 2 aromatic carbocycles. The molecule has 0 saturated carbocycles. The minimum Gasteiger partial charge on any atom is -0.479 e. The van der Waals surface area contributed by atoms with Crippen LogP contribution in [0.25, 0.3) is 0 Å². The average Bonchev–Trinajstić information content (AvgIpc) is 2.58. The van der Waals surface area contributed by atoms with E-state index in [0.29, 0.717) is 11.1 Å². The van der Waals surface area contributed by atoms with Gasteiger partial charge < -0.3 is 15.7 Å². The van der Waals surface area contributed by atoms with Crippen molar-refractivity contribution in [3.05, 3.63) is 71.8 Å². The summed E-state index contributed by atoms with van der Waals surface area (Å²) in [4.78, 5) is 35.5. The first-order valence-corrected chi connectivity index (χ1v) is 7.39. The number of carboxylic acids is 1. The molecular formula is C18H18N2O4. The maximum absolute atomic E-state index is 12.6. The Morgan fingerprint density at radius 2 is 1.25 bits per heavy atom. The van der Waals surface area contributed by atoms with Gasteiger partial charge >= 0.3 is 5.97 Å². The van der Waals surface area contributed by atoms with E-state index in [-0.39, 0.29) is 5.91 Å². The van der Waals surface area contributed by atoms with Gasteiger partial charge in [0, 0.05) is 6.92 Å². The van der Waals surface area contributed by atoms with Crippen molar-refractivity contribution in [2.75, 3.05) is 0 Å². The molecule has 0 aliphatic heterocycles. The van der Waals surface area contributed by atoms with Crippen molar-refractivity contribution >= 4 is 17.8 Å². The third-order valence-electron chi connectivity index (χ3n) is 3.41. The van der Waals surface area contributed by atoms with Gasteiger partial charge in [-0.05, 0) is 11.1 Å². The van der Waals surface area contributed by atoms with Gasteiger partial charge in [0.1, 0.15) is 6.04 Å². The number of nitrogens with one attached hydrogen (secondary N) is 2. The lowest BCUT2D eigenvalue weighted by Gasteiger charge is -2.21. The highest BCUT2D eigenvalue weighted by molar-refractivity contribution is 5.91. The molecule has 0 fully saturated rings. The molecule has 0 aromatic heterocycles. The zero-order valence-corrected chi connectivity index (χ0v) is 13.1. The van der Waals surface area contributed by atoms with Crippen LogP contribution in [-0.2, 0) is 14.4 Å². The van der Waals surface area contributed by atoms with E-state index >= 15 is 0 Å². The summed E-state index contributed by atoms with van der Waals surface area (Å²) in [7, 11) is 0. The number of amides is 2. The molecule has 0 saturated heterocycles. The Kier molecular flexibility index (Phi) is 5.68. The molecule has 2 unspecified atom stereocenters. The summed E-state index contributed by atoms with van der Waals surface area (Å²) in [6, 6.07) is 14.9. The van der Waals surface area contributed by atoms with Crippen molar-refractivity contribution in [2.24, 2.45) is 0 Å². The Balaban J connectivity index is 2.25. The summed E-state index contributed by atoms with van der Waals surface area (Å²) in [5.74, 6) is -2.15. The molecule has 124 valence electrons. The number of hydrogen-bond acceptors (Lipinski definition) is 3. The molecule has 2 atom stereocenters. The number of carbonyl (C=O) groups excluding carboxylic acids is 2. The monoisotopic (exact) mass is 326 g/mol. The van der Waals surface area contributed by atoms with Crippen LogP contribution >= 0.6 is 0 Å². The van der Waals surface area contributed by atoms with Crippen LogP contribution in [0.3, 0.4) is 0 Å². The first-order chi connectivity index (χ1) is 11.5. The van der Waals surface area contributed by atoms with E-state index in [0.717, 1.165) is 0 Å². The number of hydrogen-bond donors (Lipinski definition) is 3. The predicted octanol–water partition coefficient (Wildman–Crippen LogP) is 1.81. The van der Waals surface area contributed by atoms with Crippen LogP contribution in [0, 0.1) is 0 Å². The van der Waals surface area contributed by atoms with Crippen LogP contribution < -0.4 is 10.6 Å². The molecular weight excluding hydrogens is 308 g/mol. The normalized spacial score (nSPS) is 12.7. The standard InChI is InChI=1S/C18H18N2O4/c1-12(21)19-15(13-8-4-2-5-9-13)17(22)20-16(18(23)24)14-10-6-3-7-11-14/h2-11,15-16H,1H3,(H,19,21)(H,20,22)(H,23,24). The summed E-state index contributed by atoms with van der Waals surface area (Å²) in [6.07, 6.45) is 0. The molecule has 2 amide bonds. The summed E-state index contributed by atoms with van der Waals surface area (Å²) in [6.45, 7) is 1.30. The van der Waals surface area contributed by atoms with Crippen molar-refractivity contribution in [3.8, 4) is 0 Å². The van der Waals surface area contributed by atoms with Crippen molar-refractivity contribution in [2.45, 2.75) is 19.0 Å². The van der Waals surface area contributed by atoms with Crippen LogP contribution in [-0.4, -0.2) is 22.9 Å². The van der Waals surface area contributed by atoms with Crippen LogP contribution in [0.4, 0.5) is 0 Å². The first kappa shape index (κ1) is 17.2. The second-order valence-electron chi connectivity index (χ2n) is 5.23. The molecule has 6 heteroatoms. The zero-order chi connectivity index (χ0) is 17.5. The zero-order valence-electron chi connectivity index (χ0n) is 13.1. The van der Waals surface area contributed by atoms with Gasteiger partial charge in [0.25, 0.3) is 0 Å². The predicted molar refractivity (Wildman–Crippen MR) is 88.0 cm³/mol. The van der Waals surface area contributed by atoms with E-state index in [4.69, 9.17) is 0 Å². The minimum atomic E-state index is -1.20. The van der Waals surface area contributed by atoms with Gasteiger partial charge in [-0.3, -0.25) is 9.59 Å². The van der Waals surface area contributed by atoms with E-state index in [1.807, 2.05) is 0 Å². The van der Waals surface area contributed by atoms with Gasteiger partial charge in [-0.2, -0.15) is 0 Å². The van der Waals surface area contributed by atoms with Gasteiger partial charge in [-0.25, -0.2) is 4.79 Å². The molecule has 3 N–H and O–H groups in total. The molecule has 0 spiro atoms. The Morgan fingerprint density at radius 1 is 0.792 bits per heavy atom. The van der Waals surface area contributed by atoms with Crippen molar-refractivity contribution in [1.82, 2.24) is 10.6 Å². The van der Waals surface area contributed by atoms with Gasteiger partial charge in [-0.1, -0.05) is 60.7 Å². The van der Waals surface area contributed by atoms with E-state index in [1.54, 1.807) is 60.7 Å². The third-order valence-corrected chi connectivity index (χ3v) is 3.41. The lowest BCUT2D eigenvalue weighted by atomic mass is 10.0. The molecule has 24 heavy (non-hydrogen) atoms. The van der Waals surface area contributed by atoms with Gasteiger partial charge in [0.05, 0.1) is 0 Å². The second kappa shape index (κ2) is 7.92. The average molecular weight is 326 g/mol. The highest BCUT2D eigenvalue weighted by atomic mass is 16.4. The number of rotatable bonds is 6. The highest BCUT2D eigenvalue weighted by Gasteiger charge is 2.27. The van der Waals surface area contributed by atoms with Crippen molar-refractivity contribution < 1.29 is 19.5 Å². The van der Waals surface area contributed by atoms with Crippen LogP contribution in [0.15, 0.2) is 60.7 Å². The minimum absolute atomic E-state index is 0.384. The van der Waals surface area contributed by atoms with E-state index in [2.05, 4.69) is 10.6 Å². The Bertz CT molecular complexity index is 716. The molecule has 6 nitrogen and oxygen atoms in total. The van der Waals surface area contributed by atoms with Crippen LogP contribution in [0.2, 0.25) is 0 Å². The number of carboxylic acid groups (broad SMARTS) is 1. The molecule has 0 aliphatic carbocycles. The smallest absolute Gasteiger partial charge is 0.330 e. The maximum Gasteiger partial charge on any atom is 0.330 e. The number of carbonyl (C=O) groups is 3. The SMILES string of the molecule is CC(=O)NC(C(=O)NC(C(=O)O)c1ccccc1)c1ccccc1. The summed E-state index contributed by atoms with van der Waals surface area (Å²) in [5, 5.41) is 14.4. The van der Waals surface area contributed by atoms with E-state index < -0.39 is 24.0 Å². The van der Waals surface area contributed by atoms with E-state index in [1.165, 1.54) is 6.92 Å². The quantitative estimate of drug-likeness (QED) is 0.754. The molecule has 0 radical (unpaired) electrons. The van der Waals surface area contributed by atoms with E-state index in [9.17, 15) is 19.5 Å². The molecule has 0 aliphatic rings. The third kappa shape index (κ3) is 4.42. The Morgan fingerprint density at radius 3 is 1.67 bits per heavy atom. The molecule has 2 aromatic rings.